The molecule has 1 heterocycles. The zero-order valence-corrected chi connectivity index (χ0v) is 26.7. The van der Waals surface area contributed by atoms with Gasteiger partial charge < -0.3 is 33.2 Å². The SMILES string of the molecule is CCOc1cc(C(CS(C)(=O)=O)N2C(=O)c3cccc(NC(=O)OCCOCCOCCOCCOC)c3C2=O)ccc1OC. The van der Waals surface area contributed by atoms with Crippen molar-refractivity contribution in [1.29, 1.82) is 0 Å². The molecule has 45 heavy (non-hydrogen) atoms. The Labute approximate surface area is 262 Å². The van der Waals surface area contributed by atoms with E-state index in [1.807, 2.05) is 0 Å². The van der Waals surface area contributed by atoms with E-state index in [9.17, 15) is 22.8 Å². The van der Waals surface area contributed by atoms with Crippen molar-refractivity contribution in [2.24, 2.45) is 0 Å². The molecule has 1 N–H and O–H groups in total. The average molecular weight is 653 g/mol. The first kappa shape index (κ1) is 35.7. The highest BCUT2D eigenvalue weighted by atomic mass is 32.2. The quantitative estimate of drug-likeness (QED) is 0.165. The molecule has 2 aromatic rings. The van der Waals surface area contributed by atoms with Crippen LogP contribution in [0.25, 0.3) is 0 Å². The lowest BCUT2D eigenvalue weighted by atomic mass is 10.1. The number of carbonyl (C=O) groups is 3. The van der Waals surface area contributed by atoms with Gasteiger partial charge in [-0.3, -0.25) is 19.8 Å². The smallest absolute Gasteiger partial charge is 0.411 e. The van der Waals surface area contributed by atoms with Crippen LogP contribution in [0.1, 0.15) is 39.2 Å². The maximum Gasteiger partial charge on any atom is 0.411 e. The highest BCUT2D eigenvalue weighted by Crippen LogP contribution is 2.38. The van der Waals surface area contributed by atoms with E-state index in [0.29, 0.717) is 56.7 Å². The summed E-state index contributed by atoms with van der Waals surface area (Å²) >= 11 is 0. The van der Waals surface area contributed by atoms with Gasteiger partial charge in [0.05, 0.1) is 88.6 Å². The highest BCUT2D eigenvalue weighted by Gasteiger charge is 2.43. The largest absolute Gasteiger partial charge is 0.493 e. The summed E-state index contributed by atoms with van der Waals surface area (Å²) in [6.45, 7) is 4.61. The van der Waals surface area contributed by atoms with Crippen LogP contribution in [0.5, 0.6) is 11.5 Å². The van der Waals surface area contributed by atoms with E-state index in [1.54, 1.807) is 32.2 Å². The Morgan fingerprint density at radius 2 is 1.51 bits per heavy atom. The van der Waals surface area contributed by atoms with Gasteiger partial charge in [-0.25, -0.2) is 13.2 Å². The number of carbonyl (C=O) groups excluding carboxylic acids is 3. The Bertz CT molecular complexity index is 1420. The molecule has 14 nitrogen and oxygen atoms in total. The maximum atomic E-state index is 13.7. The summed E-state index contributed by atoms with van der Waals surface area (Å²) in [7, 11) is -0.620. The van der Waals surface area contributed by atoms with Gasteiger partial charge in [-0.1, -0.05) is 12.1 Å². The normalized spacial score (nSPS) is 13.5. The van der Waals surface area contributed by atoms with Crippen molar-refractivity contribution in [1.82, 2.24) is 4.90 Å². The van der Waals surface area contributed by atoms with Crippen molar-refractivity contribution < 1.29 is 56.0 Å². The van der Waals surface area contributed by atoms with Crippen LogP contribution in [-0.2, 0) is 33.5 Å². The number of sulfone groups is 1. The van der Waals surface area contributed by atoms with Crippen molar-refractivity contribution >= 4 is 33.4 Å². The predicted octanol–water partition coefficient (Wildman–Crippen LogP) is 2.72. The van der Waals surface area contributed by atoms with Crippen molar-refractivity contribution in [3.8, 4) is 11.5 Å². The number of benzene rings is 2. The number of rotatable bonds is 20. The van der Waals surface area contributed by atoms with Gasteiger partial charge in [-0.05, 0) is 36.8 Å². The lowest BCUT2D eigenvalue weighted by Crippen LogP contribution is -2.37. The lowest BCUT2D eigenvalue weighted by Gasteiger charge is -2.27. The molecule has 1 aliphatic rings. The van der Waals surface area contributed by atoms with Gasteiger partial charge >= 0.3 is 6.09 Å². The predicted molar refractivity (Wildman–Crippen MR) is 163 cm³/mol. The Hall–Kier alpha value is -3.76. The third kappa shape index (κ3) is 10.4. The molecular weight excluding hydrogens is 612 g/mol. The van der Waals surface area contributed by atoms with Crippen LogP contribution in [0.15, 0.2) is 36.4 Å². The van der Waals surface area contributed by atoms with Gasteiger partial charge in [0.25, 0.3) is 11.8 Å². The second-order valence-electron chi connectivity index (χ2n) is 9.75. The molecule has 248 valence electrons. The molecular formula is C30H40N2O12S. The van der Waals surface area contributed by atoms with Crippen LogP contribution >= 0.6 is 0 Å². The molecule has 1 unspecified atom stereocenters. The zero-order valence-electron chi connectivity index (χ0n) is 25.9. The molecule has 2 aromatic carbocycles. The molecule has 3 rings (SSSR count). The Kier molecular flexibility index (Phi) is 14.0. The summed E-state index contributed by atoms with van der Waals surface area (Å²) in [6.07, 6.45) is 0.158. The number of hydrogen-bond donors (Lipinski definition) is 1. The van der Waals surface area contributed by atoms with Crippen molar-refractivity contribution in [3.63, 3.8) is 0 Å². The minimum atomic E-state index is -3.68. The zero-order chi connectivity index (χ0) is 32.8. The van der Waals surface area contributed by atoms with Crippen molar-refractivity contribution in [2.45, 2.75) is 13.0 Å². The summed E-state index contributed by atoms with van der Waals surface area (Å²) in [6, 6.07) is 7.91. The molecule has 15 heteroatoms. The fourth-order valence-corrected chi connectivity index (χ4v) is 5.40. The summed E-state index contributed by atoms with van der Waals surface area (Å²) in [5, 5.41) is 2.50. The number of methoxy groups -OCH3 is 2. The van der Waals surface area contributed by atoms with E-state index in [1.165, 1.54) is 25.3 Å². The molecule has 0 saturated heterocycles. The van der Waals surface area contributed by atoms with Gasteiger partial charge in [-0.15, -0.1) is 0 Å². The lowest BCUT2D eigenvalue weighted by molar-refractivity contribution is -0.00176. The fraction of sp³-hybridized carbons (Fsp3) is 0.500. The molecule has 0 fully saturated rings. The first-order valence-corrected chi connectivity index (χ1v) is 16.3. The molecule has 0 aromatic heterocycles. The van der Waals surface area contributed by atoms with Crippen LogP contribution in [-0.4, -0.2) is 117 Å². The van der Waals surface area contributed by atoms with Crippen molar-refractivity contribution in [2.75, 3.05) is 91.0 Å². The molecule has 1 atom stereocenters. The summed E-state index contributed by atoms with van der Waals surface area (Å²) < 4.78 is 61.9. The third-order valence-electron chi connectivity index (χ3n) is 6.46. The minimum Gasteiger partial charge on any atom is -0.493 e. The van der Waals surface area contributed by atoms with Crippen LogP contribution < -0.4 is 14.8 Å². The second-order valence-corrected chi connectivity index (χ2v) is 11.9. The first-order valence-electron chi connectivity index (χ1n) is 14.3. The van der Waals surface area contributed by atoms with E-state index in [-0.39, 0.29) is 36.6 Å². The third-order valence-corrected chi connectivity index (χ3v) is 7.39. The van der Waals surface area contributed by atoms with Gasteiger partial charge in [0.2, 0.25) is 0 Å². The number of ether oxygens (including phenoxy) is 7. The van der Waals surface area contributed by atoms with Crippen LogP contribution in [0, 0.1) is 0 Å². The van der Waals surface area contributed by atoms with E-state index >= 15 is 0 Å². The monoisotopic (exact) mass is 652 g/mol. The van der Waals surface area contributed by atoms with E-state index < -0.39 is 39.5 Å². The number of amides is 3. The number of anilines is 1. The summed E-state index contributed by atoms with van der Waals surface area (Å²) in [5.74, 6) is -1.26. The number of imide groups is 1. The van der Waals surface area contributed by atoms with Crippen LogP contribution in [0.2, 0.25) is 0 Å². The number of fused-ring (bicyclic) bond motifs is 1. The molecule has 0 saturated carbocycles. The summed E-state index contributed by atoms with van der Waals surface area (Å²) in [4.78, 5) is 40.7. The standard InChI is InChI=1S/C30H40N2O12S/c1-5-43-26-19-21(9-10-25(26)39-3)24(20-45(4,36)37)32-28(33)22-7-6-8-23(27(22)29(32)34)31-30(35)44-18-17-42-16-15-41-14-13-40-12-11-38-2/h6-10,19,24H,5,11-18,20H2,1-4H3,(H,31,35). The molecule has 0 radical (unpaired) electrons. The molecule has 1 aliphatic heterocycles. The molecule has 0 bridgehead atoms. The Morgan fingerprint density at radius 1 is 0.867 bits per heavy atom. The molecule has 3 amide bonds. The van der Waals surface area contributed by atoms with Gasteiger partial charge in [0.1, 0.15) is 16.4 Å². The fourth-order valence-electron chi connectivity index (χ4n) is 4.49. The minimum absolute atomic E-state index is 0.0160. The van der Waals surface area contributed by atoms with Crippen molar-refractivity contribution in [3.05, 3.63) is 53.1 Å². The molecule has 0 aliphatic carbocycles. The molecule has 0 spiro atoms. The van der Waals surface area contributed by atoms with Gasteiger partial charge in [0, 0.05) is 13.4 Å². The number of hydrogen-bond acceptors (Lipinski definition) is 12. The van der Waals surface area contributed by atoms with Gasteiger partial charge in [-0.2, -0.15) is 0 Å². The number of nitrogens with zero attached hydrogens (tertiary/aromatic N) is 1. The second kappa shape index (κ2) is 17.7. The Balaban J connectivity index is 1.63. The van der Waals surface area contributed by atoms with Gasteiger partial charge in [0.15, 0.2) is 11.5 Å². The van der Waals surface area contributed by atoms with E-state index in [2.05, 4.69) is 5.32 Å². The number of nitrogens with one attached hydrogen (secondary N) is 1. The Morgan fingerprint density at radius 3 is 2.11 bits per heavy atom. The highest BCUT2D eigenvalue weighted by molar-refractivity contribution is 7.90. The van der Waals surface area contributed by atoms with Crippen LogP contribution in [0.4, 0.5) is 10.5 Å². The summed E-state index contributed by atoms with van der Waals surface area (Å²) in [5.41, 5.74) is 0.343. The van der Waals surface area contributed by atoms with E-state index in [4.69, 9.17) is 33.2 Å². The topological polar surface area (TPSA) is 165 Å². The first-order chi connectivity index (χ1) is 21.6. The average Bonchev–Trinajstić information content (AvgIpc) is 3.26. The maximum absolute atomic E-state index is 13.7. The van der Waals surface area contributed by atoms with E-state index in [0.717, 1.165) is 11.2 Å². The van der Waals surface area contributed by atoms with Crippen LogP contribution in [0.3, 0.4) is 0 Å².